The van der Waals surface area contributed by atoms with Crippen LogP contribution in [0.15, 0.2) is 35.4 Å². The smallest absolute Gasteiger partial charge is 0.264 e. The van der Waals surface area contributed by atoms with E-state index in [1.807, 2.05) is 11.8 Å². The van der Waals surface area contributed by atoms with E-state index in [4.69, 9.17) is 0 Å². The number of thiophene rings is 1. The van der Waals surface area contributed by atoms with Gasteiger partial charge >= 0.3 is 0 Å². The van der Waals surface area contributed by atoms with Gasteiger partial charge in [0.2, 0.25) is 0 Å². The van der Waals surface area contributed by atoms with Crippen LogP contribution in [-0.2, 0) is 6.54 Å². The molecule has 1 aromatic carbocycles. The second-order valence-corrected chi connectivity index (χ2v) is 8.60. The van der Waals surface area contributed by atoms with E-state index in [0.717, 1.165) is 32.2 Å². The largest absolute Gasteiger partial charge is 0.335 e. The number of hydrogen-bond acceptors (Lipinski definition) is 4. The lowest BCUT2D eigenvalue weighted by Gasteiger charge is -2.35. The van der Waals surface area contributed by atoms with Crippen LogP contribution in [0.25, 0.3) is 10.2 Å². The minimum Gasteiger partial charge on any atom is -0.335 e. The highest BCUT2D eigenvalue weighted by atomic mass is 32.1. The van der Waals surface area contributed by atoms with Crippen LogP contribution in [0.2, 0.25) is 0 Å². The van der Waals surface area contributed by atoms with Crippen LogP contribution in [0.3, 0.4) is 0 Å². The van der Waals surface area contributed by atoms with Crippen molar-refractivity contribution >= 4 is 27.5 Å². The Kier molecular flexibility index (Phi) is 5.50. The lowest BCUT2D eigenvalue weighted by atomic mass is 9.99. The van der Waals surface area contributed by atoms with Crippen LogP contribution in [-0.4, -0.2) is 32.9 Å². The number of carbonyl (C=O) groups is 1. The summed E-state index contributed by atoms with van der Waals surface area (Å²) in [4.78, 5) is 33.9. The molecule has 0 N–H and O–H groups in total. The number of nitrogens with zero attached hydrogens (tertiary/aromatic N) is 3. The Morgan fingerprint density at radius 3 is 2.93 bits per heavy atom. The number of piperidine rings is 1. The van der Waals surface area contributed by atoms with E-state index >= 15 is 0 Å². The highest BCUT2D eigenvalue weighted by Crippen LogP contribution is 2.30. The first-order valence-electron chi connectivity index (χ1n) is 10.0. The average Bonchev–Trinajstić information content (AvgIpc) is 3.06. The number of aryl methyl sites for hydroxylation is 1. The molecule has 0 aliphatic carbocycles. The molecule has 152 valence electrons. The van der Waals surface area contributed by atoms with Gasteiger partial charge in [-0.25, -0.2) is 9.37 Å². The molecule has 1 atom stereocenters. The van der Waals surface area contributed by atoms with Gasteiger partial charge in [0.15, 0.2) is 0 Å². The number of aromatic nitrogens is 2. The molecule has 3 heterocycles. The third kappa shape index (κ3) is 3.71. The summed E-state index contributed by atoms with van der Waals surface area (Å²) in [6.07, 6.45) is 5.62. The standard InChI is InChI=1S/C22H24FN3O2S/c1-3-17-9-4-5-10-26(17)22(28)19-14(2)18-20(29-19)24-13-25(21(18)27)12-15-7-6-8-16(23)11-15/h6-8,11,13,17H,3-5,9-10,12H2,1-2H3. The molecule has 0 spiro atoms. The fourth-order valence-corrected chi connectivity index (χ4v) is 5.23. The number of benzene rings is 1. The fraction of sp³-hybridized carbons (Fsp3) is 0.409. The Bertz CT molecular complexity index is 1120. The summed E-state index contributed by atoms with van der Waals surface area (Å²) < 4.78 is 14.9. The summed E-state index contributed by atoms with van der Waals surface area (Å²) in [5, 5.41) is 0.488. The zero-order chi connectivity index (χ0) is 20.5. The van der Waals surface area contributed by atoms with Gasteiger partial charge in [0.1, 0.15) is 10.6 Å². The summed E-state index contributed by atoms with van der Waals surface area (Å²) in [6, 6.07) is 6.44. The lowest BCUT2D eigenvalue weighted by molar-refractivity contribution is 0.0612. The van der Waals surface area contributed by atoms with E-state index in [0.29, 0.717) is 26.2 Å². The van der Waals surface area contributed by atoms with E-state index < -0.39 is 0 Å². The molecule has 2 aromatic heterocycles. The Morgan fingerprint density at radius 1 is 1.34 bits per heavy atom. The van der Waals surface area contributed by atoms with Crippen LogP contribution in [0.1, 0.15) is 53.4 Å². The van der Waals surface area contributed by atoms with Crippen molar-refractivity contribution in [2.24, 2.45) is 0 Å². The molecule has 1 aliphatic rings. The van der Waals surface area contributed by atoms with Gasteiger partial charge in [0.05, 0.1) is 23.1 Å². The van der Waals surface area contributed by atoms with E-state index in [9.17, 15) is 14.0 Å². The summed E-state index contributed by atoms with van der Waals surface area (Å²) >= 11 is 1.29. The summed E-state index contributed by atoms with van der Waals surface area (Å²) in [5.74, 6) is -0.329. The quantitative estimate of drug-likeness (QED) is 0.639. The van der Waals surface area contributed by atoms with Crippen molar-refractivity contribution in [1.29, 1.82) is 0 Å². The maximum absolute atomic E-state index is 13.5. The molecule has 5 nitrogen and oxygen atoms in total. The molecule has 0 bridgehead atoms. The van der Waals surface area contributed by atoms with Gasteiger partial charge < -0.3 is 4.90 Å². The van der Waals surface area contributed by atoms with Crippen molar-refractivity contribution in [3.8, 4) is 0 Å². The second-order valence-electron chi connectivity index (χ2n) is 7.60. The highest BCUT2D eigenvalue weighted by molar-refractivity contribution is 7.20. The van der Waals surface area contributed by atoms with Gasteiger partial charge in [0.25, 0.3) is 11.5 Å². The Labute approximate surface area is 172 Å². The van der Waals surface area contributed by atoms with Crippen LogP contribution in [0.5, 0.6) is 0 Å². The normalized spacial score (nSPS) is 17.1. The summed E-state index contributed by atoms with van der Waals surface area (Å²) in [5.41, 5.74) is 1.19. The first kappa shape index (κ1) is 19.8. The summed E-state index contributed by atoms with van der Waals surface area (Å²) in [6.45, 7) is 4.94. The van der Waals surface area contributed by atoms with Crippen molar-refractivity contribution in [2.45, 2.75) is 52.1 Å². The van der Waals surface area contributed by atoms with Gasteiger partial charge in [-0.1, -0.05) is 19.1 Å². The molecule has 1 amide bonds. The topological polar surface area (TPSA) is 55.2 Å². The van der Waals surface area contributed by atoms with Crippen molar-refractivity contribution in [3.63, 3.8) is 0 Å². The number of amides is 1. The van der Waals surface area contributed by atoms with E-state index in [1.54, 1.807) is 12.1 Å². The van der Waals surface area contributed by atoms with Crippen LogP contribution in [0.4, 0.5) is 4.39 Å². The molecule has 1 saturated heterocycles. The first-order chi connectivity index (χ1) is 14.0. The van der Waals surface area contributed by atoms with Gasteiger partial charge in [-0.15, -0.1) is 11.3 Å². The minimum absolute atomic E-state index is 0.00753. The second kappa shape index (κ2) is 8.06. The molecule has 1 aliphatic heterocycles. The maximum Gasteiger partial charge on any atom is 0.264 e. The van der Waals surface area contributed by atoms with Gasteiger partial charge in [-0.05, 0) is 55.9 Å². The predicted octanol–water partition coefficient (Wildman–Crippen LogP) is 4.36. The predicted molar refractivity (Wildman–Crippen MR) is 113 cm³/mol. The SMILES string of the molecule is CCC1CCCCN1C(=O)c1sc2ncn(Cc3cccc(F)c3)c(=O)c2c1C. The van der Waals surface area contributed by atoms with E-state index in [2.05, 4.69) is 11.9 Å². The number of carbonyl (C=O) groups excluding carboxylic acids is 1. The van der Waals surface area contributed by atoms with E-state index in [-0.39, 0.29) is 29.9 Å². The van der Waals surface area contributed by atoms with Gasteiger partial charge in [-0.3, -0.25) is 14.2 Å². The number of fused-ring (bicyclic) bond motifs is 1. The third-order valence-corrected chi connectivity index (χ3v) is 6.90. The lowest BCUT2D eigenvalue weighted by Crippen LogP contribution is -2.43. The van der Waals surface area contributed by atoms with Crippen molar-refractivity contribution in [3.05, 3.63) is 62.8 Å². The van der Waals surface area contributed by atoms with Crippen LogP contribution >= 0.6 is 11.3 Å². The van der Waals surface area contributed by atoms with Crippen molar-refractivity contribution < 1.29 is 9.18 Å². The highest BCUT2D eigenvalue weighted by Gasteiger charge is 2.29. The molecule has 1 unspecified atom stereocenters. The summed E-state index contributed by atoms with van der Waals surface area (Å²) in [7, 11) is 0. The third-order valence-electron chi connectivity index (χ3n) is 5.71. The molecule has 1 fully saturated rings. The number of hydrogen-bond donors (Lipinski definition) is 0. The Hall–Kier alpha value is -2.54. The zero-order valence-corrected chi connectivity index (χ0v) is 17.5. The fourth-order valence-electron chi connectivity index (χ4n) is 4.13. The number of likely N-dealkylation sites (tertiary alicyclic amines) is 1. The average molecular weight is 414 g/mol. The molecule has 0 radical (unpaired) electrons. The van der Waals surface area contributed by atoms with Crippen molar-refractivity contribution in [1.82, 2.24) is 14.5 Å². The molecular weight excluding hydrogens is 389 g/mol. The molecule has 0 saturated carbocycles. The first-order valence-corrected chi connectivity index (χ1v) is 10.8. The molecule has 3 aromatic rings. The minimum atomic E-state index is -0.337. The van der Waals surface area contributed by atoms with Crippen LogP contribution in [0, 0.1) is 12.7 Å². The molecule has 29 heavy (non-hydrogen) atoms. The molecular formula is C22H24FN3O2S. The zero-order valence-electron chi connectivity index (χ0n) is 16.7. The maximum atomic E-state index is 13.5. The van der Waals surface area contributed by atoms with Gasteiger partial charge in [-0.2, -0.15) is 0 Å². The molecule has 7 heteroatoms. The molecule has 4 rings (SSSR count). The van der Waals surface area contributed by atoms with E-state index in [1.165, 1.54) is 34.4 Å². The Morgan fingerprint density at radius 2 is 2.17 bits per heavy atom. The van der Waals surface area contributed by atoms with Crippen molar-refractivity contribution in [2.75, 3.05) is 6.54 Å². The van der Waals surface area contributed by atoms with Gasteiger partial charge in [0, 0.05) is 12.6 Å². The monoisotopic (exact) mass is 413 g/mol. The van der Waals surface area contributed by atoms with Crippen LogP contribution < -0.4 is 5.56 Å². The Balaban J connectivity index is 1.71. The number of halogens is 1. The number of rotatable bonds is 4.